The average Bonchev–Trinajstić information content (AvgIpc) is 3.21. The highest BCUT2D eigenvalue weighted by molar-refractivity contribution is 8.14. The topological polar surface area (TPSA) is 68.6 Å². The molecule has 0 radical (unpaired) electrons. The molecule has 0 saturated carbocycles. The third-order valence-corrected chi connectivity index (χ3v) is 4.99. The van der Waals surface area contributed by atoms with Crippen LogP contribution in [0.1, 0.15) is 12.5 Å². The Balaban J connectivity index is 1.63. The van der Waals surface area contributed by atoms with Gasteiger partial charge in [0.25, 0.3) is 0 Å². The van der Waals surface area contributed by atoms with E-state index in [1.807, 2.05) is 36.5 Å². The molecule has 0 spiro atoms. The maximum Gasteiger partial charge on any atom is 0.185 e. The van der Waals surface area contributed by atoms with E-state index in [0.717, 1.165) is 33.2 Å². The second-order valence-corrected chi connectivity index (χ2v) is 6.70. The van der Waals surface area contributed by atoms with Crippen LogP contribution in [0.15, 0.2) is 64.8 Å². The predicted molar refractivity (Wildman–Crippen MR) is 101 cm³/mol. The molecule has 1 unspecified atom stereocenters. The summed E-state index contributed by atoms with van der Waals surface area (Å²) in [6, 6.07) is 14.4. The summed E-state index contributed by atoms with van der Waals surface area (Å²) in [5.41, 5.74) is 9.00. The molecule has 0 fully saturated rings. The molecule has 0 aliphatic carbocycles. The summed E-state index contributed by atoms with van der Waals surface area (Å²) >= 11 is 1.65. The van der Waals surface area contributed by atoms with Crippen LogP contribution in [0.4, 0.5) is 0 Å². The van der Waals surface area contributed by atoms with E-state index in [4.69, 9.17) is 5.73 Å². The van der Waals surface area contributed by atoms with Crippen molar-refractivity contribution in [2.75, 3.05) is 5.75 Å². The SMILES string of the molecule is CC1CSC(/N=C(/N)c2ccc(-n3ccc4cccnc43)cc2)=N1. The maximum atomic E-state index is 6.12. The molecule has 3 aromatic rings. The third kappa shape index (κ3) is 2.80. The zero-order valence-corrected chi connectivity index (χ0v) is 14.1. The van der Waals surface area contributed by atoms with Crippen LogP contribution < -0.4 is 5.73 Å². The minimum Gasteiger partial charge on any atom is -0.383 e. The van der Waals surface area contributed by atoms with Crippen molar-refractivity contribution in [1.29, 1.82) is 0 Å². The Morgan fingerprint density at radius 3 is 2.83 bits per heavy atom. The van der Waals surface area contributed by atoms with E-state index in [1.165, 1.54) is 0 Å². The first-order chi connectivity index (χ1) is 11.7. The summed E-state index contributed by atoms with van der Waals surface area (Å²) in [7, 11) is 0. The van der Waals surface area contributed by atoms with Crippen LogP contribution >= 0.6 is 11.8 Å². The minimum absolute atomic E-state index is 0.318. The Hall–Kier alpha value is -2.60. The van der Waals surface area contributed by atoms with Gasteiger partial charge in [0.15, 0.2) is 5.17 Å². The van der Waals surface area contributed by atoms with Gasteiger partial charge in [0.1, 0.15) is 11.5 Å². The lowest BCUT2D eigenvalue weighted by Gasteiger charge is -2.06. The first-order valence-electron chi connectivity index (χ1n) is 7.78. The van der Waals surface area contributed by atoms with E-state index in [-0.39, 0.29) is 0 Å². The van der Waals surface area contributed by atoms with Crippen LogP contribution in [0.25, 0.3) is 16.7 Å². The van der Waals surface area contributed by atoms with Gasteiger partial charge in [0.2, 0.25) is 0 Å². The molecule has 5 nitrogen and oxygen atoms in total. The largest absolute Gasteiger partial charge is 0.383 e. The Bertz CT molecular complexity index is 939. The summed E-state index contributed by atoms with van der Waals surface area (Å²) < 4.78 is 2.06. The van der Waals surface area contributed by atoms with Gasteiger partial charge in [-0.25, -0.2) is 9.98 Å². The number of fused-ring (bicyclic) bond motifs is 1. The quantitative estimate of drug-likeness (QED) is 0.577. The highest BCUT2D eigenvalue weighted by Crippen LogP contribution is 2.20. The van der Waals surface area contributed by atoms with Gasteiger partial charge in [-0.3, -0.25) is 4.99 Å². The van der Waals surface area contributed by atoms with Gasteiger partial charge in [0, 0.05) is 34.8 Å². The lowest BCUT2D eigenvalue weighted by atomic mass is 10.2. The van der Waals surface area contributed by atoms with Gasteiger partial charge in [-0.2, -0.15) is 0 Å². The number of nitrogens with zero attached hydrogens (tertiary/aromatic N) is 4. The molecule has 0 amide bonds. The Morgan fingerprint density at radius 2 is 2.08 bits per heavy atom. The van der Waals surface area contributed by atoms with Crippen molar-refractivity contribution in [3.63, 3.8) is 0 Å². The fraction of sp³-hybridized carbons (Fsp3) is 0.167. The summed E-state index contributed by atoms with van der Waals surface area (Å²) in [6.45, 7) is 2.08. The average molecular weight is 335 g/mol. The van der Waals surface area contributed by atoms with Gasteiger partial charge < -0.3 is 10.3 Å². The molecule has 0 saturated heterocycles. The summed E-state index contributed by atoms with van der Waals surface area (Å²) in [5.74, 6) is 1.47. The van der Waals surface area contributed by atoms with E-state index in [2.05, 4.69) is 38.6 Å². The lowest BCUT2D eigenvalue weighted by Crippen LogP contribution is -2.14. The van der Waals surface area contributed by atoms with Crippen LogP contribution in [0.2, 0.25) is 0 Å². The summed E-state index contributed by atoms with van der Waals surface area (Å²) in [6.07, 6.45) is 3.83. The number of thioether (sulfide) groups is 1. The van der Waals surface area contributed by atoms with Crippen molar-refractivity contribution in [3.05, 3.63) is 60.4 Å². The van der Waals surface area contributed by atoms with E-state index in [0.29, 0.717) is 11.9 Å². The number of benzene rings is 1. The number of pyridine rings is 1. The monoisotopic (exact) mass is 335 g/mol. The van der Waals surface area contributed by atoms with Crippen molar-refractivity contribution in [2.45, 2.75) is 13.0 Å². The summed E-state index contributed by atoms with van der Waals surface area (Å²) in [4.78, 5) is 13.3. The van der Waals surface area contributed by atoms with Crippen LogP contribution in [-0.4, -0.2) is 32.3 Å². The highest BCUT2D eigenvalue weighted by Gasteiger charge is 2.13. The molecule has 24 heavy (non-hydrogen) atoms. The molecular weight excluding hydrogens is 318 g/mol. The number of amidine groups is 2. The van der Waals surface area contributed by atoms with E-state index in [9.17, 15) is 0 Å². The molecular formula is C18H17N5S. The van der Waals surface area contributed by atoms with E-state index >= 15 is 0 Å². The lowest BCUT2D eigenvalue weighted by molar-refractivity contribution is 0.864. The molecule has 4 rings (SSSR count). The Labute approximate surface area is 144 Å². The Morgan fingerprint density at radius 1 is 1.25 bits per heavy atom. The molecule has 1 aliphatic heterocycles. The third-order valence-electron chi connectivity index (χ3n) is 3.89. The molecule has 6 heteroatoms. The van der Waals surface area contributed by atoms with Crippen LogP contribution in [0.3, 0.4) is 0 Å². The van der Waals surface area contributed by atoms with Gasteiger partial charge in [-0.05, 0) is 49.4 Å². The molecule has 2 aromatic heterocycles. The molecule has 0 bridgehead atoms. The smallest absolute Gasteiger partial charge is 0.185 e. The predicted octanol–water partition coefficient (Wildman–Crippen LogP) is 3.22. The second-order valence-electron chi connectivity index (χ2n) is 5.72. The number of aliphatic imine (C=N–C) groups is 2. The highest BCUT2D eigenvalue weighted by atomic mass is 32.2. The number of aromatic nitrogens is 2. The van der Waals surface area contributed by atoms with Gasteiger partial charge in [0.05, 0.1) is 6.04 Å². The van der Waals surface area contributed by atoms with Crippen LogP contribution in [-0.2, 0) is 0 Å². The zero-order valence-electron chi connectivity index (χ0n) is 13.3. The van der Waals surface area contributed by atoms with Gasteiger partial charge in [-0.15, -0.1) is 0 Å². The maximum absolute atomic E-state index is 6.12. The van der Waals surface area contributed by atoms with E-state index < -0.39 is 0 Å². The van der Waals surface area contributed by atoms with Crippen LogP contribution in [0.5, 0.6) is 0 Å². The number of nitrogens with two attached hydrogens (primary N) is 1. The number of hydrogen-bond acceptors (Lipinski definition) is 4. The molecule has 1 aliphatic rings. The van der Waals surface area contributed by atoms with Crippen molar-refractivity contribution in [2.24, 2.45) is 15.7 Å². The molecule has 1 atom stereocenters. The number of rotatable bonds is 2. The number of hydrogen-bond donors (Lipinski definition) is 1. The molecule has 3 heterocycles. The zero-order chi connectivity index (χ0) is 16.5. The summed E-state index contributed by atoms with van der Waals surface area (Å²) in [5, 5.41) is 1.89. The molecule has 120 valence electrons. The fourth-order valence-electron chi connectivity index (χ4n) is 2.65. The van der Waals surface area contributed by atoms with E-state index in [1.54, 1.807) is 18.0 Å². The van der Waals surface area contributed by atoms with Crippen molar-refractivity contribution in [3.8, 4) is 5.69 Å². The van der Waals surface area contributed by atoms with Crippen molar-refractivity contribution in [1.82, 2.24) is 9.55 Å². The minimum atomic E-state index is 0.318. The van der Waals surface area contributed by atoms with Gasteiger partial charge >= 0.3 is 0 Å². The fourth-order valence-corrected chi connectivity index (χ4v) is 3.54. The first kappa shape index (κ1) is 15.0. The first-order valence-corrected chi connectivity index (χ1v) is 8.77. The molecule has 2 N–H and O–H groups in total. The Kier molecular flexibility index (Phi) is 3.82. The van der Waals surface area contributed by atoms with Crippen LogP contribution in [0, 0.1) is 0 Å². The van der Waals surface area contributed by atoms with Gasteiger partial charge in [-0.1, -0.05) is 11.8 Å². The van der Waals surface area contributed by atoms with Crippen molar-refractivity contribution < 1.29 is 0 Å². The normalized spacial score (nSPS) is 18.1. The molecule has 1 aromatic carbocycles. The van der Waals surface area contributed by atoms with Crippen molar-refractivity contribution >= 4 is 33.8 Å². The second kappa shape index (κ2) is 6.13. The standard InChI is InChI=1S/C18H17N5S/c1-12-11-24-18(21-12)22-16(19)13-4-6-15(7-5-13)23-10-8-14-3-2-9-20-17(14)23/h2-10,12H,11H2,1H3,(H2,19,21,22).